The summed E-state index contributed by atoms with van der Waals surface area (Å²) in [5.41, 5.74) is 2.21. The molecule has 1 aromatic carbocycles. The number of phenols is 1. The van der Waals surface area contributed by atoms with Crippen molar-refractivity contribution in [1.82, 2.24) is 9.97 Å². The van der Waals surface area contributed by atoms with E-state index in [2.05, 4.69) is 27.5 Å². The standard InChI is InChI=1S/C16H22N4O/c1-3-9-18-16-19-11-12(2)15(20-16)17-10-8-13-4-6-14(21)7-5-13/h4-7,11,21H,3,8-10H2,1-2H3,(H2,17,18,19,20). The lowest BCUT2D eigenvalue weighted by atomic mass is 10.1. The summed E-state index contributed by atoms with van der Waals surface area (Å²) in [7, 11) is 0. The number of anilines is 2. The molecule has 112 valence electrons. The topological polar surface area (TPSA) is 70.1 Å². The number of aryl methyl sites for hydroxylation is 1. The predicted molar refractivity (Wildman–Crippen MR) is 85.9 cm³/mol. The van der Waals surface area contributed by atoms with Crippen LogP contribution in [0, 0.1) is 6.92 Å². The molecule has 0 amide bonds. The molecule has 21 heavy (non-hydrogen) atoms. The van der Waals surface area contributed by atoms with Crippen LogP contribution < -0.4 is 10.6 Å². The average molecular weight is 286 g/mol. The second-order valence-electron chi connectivity index (χ2n) is 5.00. The second-order valence-corrected chi connectivity index (χ2v) is 5.00. The maximum Gasteiger partial charge on any atom is 0.224 e. The number of rotatable bonds is 7. The molecule has 5 heteroatoms. The number of hydrogen-bond acceptors (Lipinski definition) is 5. The van der Waals surface area contributed by atoms with Crippen molar-refractivity contribution in [3.63, 3.8) is 0 Å². The number of aromatic hydroxyl groups is 1. The van der Waals surface area contributed by atoms with Crippen molar-refractivity contribution >= 4 is 11.8 Å². The highest BCUT2D eigenvalue weighted by Gasteiger charge is 2.03. The first-order valence-electron chi connectivity index (χ1n) is 7.28. The lowest BCUT2D eigenvalue weighted by molar-refractivity contribution is 0.475. The van der Waals surface area contributed by atoms with Crippen molar-refractivity contribution in [2.24, 2.45) is 0 Å². The highest BCUT2D eigenvalue weighted by Crippen LogP contribution is 2.14. The van der Waals surface area contributed by atoms with Gasteiger partial charge in [0.1, 0.15) is 11.6 Å². The molecule has 0 aliphatic rings. The summed E-state index contributed by atoms with van der Waals surface area (Å²) in [5, 5.41) is 15.8. The summed E-state index contributed by atoms with van der Waals surface area (Å²) in [6, 6.07) is 7.27. The van der Waals surface area contributed by atoms with E-state index in [1.807, 2.05) is 25.3 Å². The van der Waals surface area contributed by atoms with Crippen LogP contribution in [0.4, 0.5) is 11.8 Å². The van der Waals surface area contributed by atoms with Crippen LogP contribution >= 0.6 is 0 Å². The zero-order valence-electron chi connectivity index (χ0n) is 12.6. The highest BCUT2D eigenvalue weighted by atomic mass is 16.3. The van der Waals surface area contributed by atoms with Gasteiger partial charge in [0.05, 0.1) is 0 Å². The van der Waals surface area contributed by atoms with Crippen molar-refractivity contribution in [1.29, 1.82) is 0 Å². The maximum absolute atomic E-state index is 9.26. The monoisotopic (exact) mass is 286 g/mol. The van der Waals surface area contributed by atoms with Crippen LogP contribution in [0.25, 0.3) is 0 Å². The van der Waals surface area contributed by atoms with Gasteiger partial charge in [-0.05, 0) is 37.5 Å². The Bertz CT molecular complexity index is 569. The van der Waals surface area contributed by atoms with Gasteiger partial charge in [0.15, 0.2) is 0 Å². The first-order valence-corrected chi connectivity index (χ1v) is 7.28. The number of hydrogen-bond donors (Lipinski definition) is 3. The van der Waals surface area contributed by atoms with Crippen molar-refractivity contribution in [2.45, 2.75) is 26.7 Å². The van der Waals surface area contributed by atoms with Crippen LogP contribution in [0.15, 0.2) is 30.5 Å². The number of phenolic OH excluding ortho intramolecular Hbond substituents is 1. The fourth-order valence-corrected chi connectivity index (χ4v) is 1.93. The van der Waals surface area contributed by atoms with Crippen LogP contribution in [0.5, 0.6) is 5.75 Å². The van der Waals surface area contributed by atoms with E-state index in [1.54, 1.807) is 12.1 Å². The quantitative estimate of drug-likeness (QED) is 0.730. The Hall–Kier alpha value is -2.30. The molecule has 1 heterocycles. The minimum Gasteiger partial charge on any atom is -0.508 e. The fraction of sp³-hybridized carbons (Fsp3) is 0.375. The molecule has 1 aromatic heterocycles. The molecule has 0 saturated carbocycles. The van der Waals surface area contributed by atoms with E-state index < -0.39 is 0 Å². The van der Waals surface area contributed by atoms with Gasteiger partial charge in [-0.3, -0.25) is 0 Å². The van der Waals surface area contributed by atoms with Crippen LogP contribution in [0.1, 0.15) is 24.5 Å². The van der Waals surface area contributed by atoms with Gasteiger partial charge in [0, 0.05) is 24.8 Å². The fourth-order valence-electron chi connectivity index (χ4n) is 1.93. The molecule has 3 N–H and O–H groups in total. The molecule has 0 atom stereocenters. The largest absolute Gasteiger partial charge is 0.508 e. The Morgan fingerprint density at radius 3 is 2.57 bits per heavy atom. The van der Waals surface area contributed by atoms with Crippen molar-refractivity contribution in [3.05, 3.63) is 41.6 Å². The molecule has 0 spiro atoms. The van der Waals surface area contributed by atoms with E-state index in [0.29, 0.717) is 11.7 Å². The van der Waals surface area contributed by atoms with Gasteiger partial charge in [-0.25, -0.2) is 4.98 Å². The molecule has 0 aliphatic heterocycles. The molecular formula is C16H22N4O. The number of benzene rings is 1. The van der Waals surface area contributed by atoms with Crippen LogP contribution in [0.3, 0.4) is 0 Å². The summed E-state index contributed by atoms with van der Waals surface area (Å²) >= 11 is 0. The molecular weight excluding hydrogens is 264 g/mol. The predicted octanol–water partition coefficient (Wildman–Crippen LogP) is 2.97. The molecule has 5 nitrogen and oxygen atoms in total. The average Bonchev–Trinajstić information content (AvgIpc) is 2.50. The first kappa shape index (κ1) is 15.1. The molecule has 2 aromatic rings. The summed E-state index contributed by atoms with van der Waals surface area (Å²) in [6.45, 7) is 5.76. The highest BCUT2D eigenvalue weighted by molar-refractivity contribution is 5.46. The molecule has 0 radical (unpaired) electrons. The van der Waals surface area contributed by atoms with E-state index in [1.165, 1.54) is 5.56 Å². The number of nitrogens with one attached hydrogen (secondary N) is 2. The van der Waals surface area contributed by atoms with Gasteiger partial charge >= 0.3 is 0 Å². The normalized spacial score (nSPS) is 10.4. The van der Waals surface area contributed by atoms with Gasteiger partial charge in [-0.2, -0.15) is 4.98 Å². The molecule has 0 fully saturated rings. The Kier molecular flexibility index (Phi) is 5.37. The first-order chi connectivity index (χ1) is 10.2. The van der Waals surface area contributed by atoms with Crippen LogP contribution in [-0.2, 0) is 6.42 Å². The van der Waals surface area contributed by atoms with E-state index in [4.69, 9.17) is 0 Å². The summed E-state index contributed by atoms with van der Waals surface area (Å²) < 4.78 is 0. The van der Waals surface area contributed by atoms with E-state index in [0.717, 1.165) is 37.3 Å². The lowest BCUT2D eigenvalue weighted by Crippen LogP contribution is -2.11. The third kappa shape index (κ3) is 4.63. The summed E-state index contributed by atoms with van der Waals surface area (Å²) in [4.78, 5) is 8.74. The Morgan fingerprint density at radius 1 is 1.10 bits per heavy atom. The van der Waals surface area contributed by atoms with Crippen LogP contribution in [0.2, 0.25) is 0 Å². The van der Waals surface area contributed by atoms with Crippen molar-refractivity contribution in [2.75, 3.05) is 23.7 Å². The molecule has 0 saturated heterocycles. The Morgan fingerprint density at radius 2 is 1.86 bits per heavy atom. The Labute approximate surface area is 125 Å². The van der Waals surface area contributed by atoms with E-state index in [9.17, 15) is 5.11 Å². The van der Waals surface area contributed by atoms with Gasteiger partial charge < -0.3 is 15.7 Å². The second kappa shape index (κ2) is 7.47. The van der Waals surface area contributed by atoms with Crippen LogP contribution in [-0.4, -0.2) is 28.2 Å². The SMILES string of the molecule is CCCNc1ncc(C)c(NCCc2ccc(O)cc2)n1. The maximum atomic E-state index is 9.26. The van der Waals surface area contributed by atoms with E-state index >= 15 is 0 Å². The summed E-state index contributed by atoms with van der Waals surface area (Å²) in [5.74, 6) is 1.82. The van der Waals surface area contributed by atoms with E-state index in [-0.39, 0.29) is 0 Å². The van der Waals surface area contributed by atoms with Gasteiger partial charge in [-0.15, -0.1) is 0 Å². The minimum atomic E-state index is 0.296. The Balaban J connectivity index is 1.91. The zero-order valence-corrected chi connectivity index (χ0v) is 12.6. The molecule has 0 bridgehead atoms. The number of aromatic nitrogens is 2. The zero-order chi connectivity index (χ0) is 15.1. The number of nitrogens with zero attached hydrogens (tertiary/aromatic N) is 2. The van der Waals surface area contributed by atoms with Gasteiger partial charge in [0.2, 0.25) is 5.95 Å². The van der Waals surface area contributed by atoms with Gasteiger partial charge in [0.25, 0.3) is 0 Å². The third-order valence-electron chi connectivity index (χ3n) is 3.15. The lowest BCUT2D eigenvalue weighted by Gasteiger charge is -2.10. The summed E-state index contributed by atoms with van der Waals surface area (Å²) in [6.07, 6.45) is 3.75. The van der Waals surface area contributed by atoms with Gasteiger partial charge in [-0.1, -0.05) is 19.1 Å². The smallest absolute Gasteiger partial charge is 0.224 e. The van der Waals surface area contributed by atoms with Crippen molar-refractivity contribution < 1.29 is 5.11 Å². The molecule has 0 unspecified atom stereocenters. The third-order valence-corrected chi connectivity index (χ3v) is 3.15. The molecule has 2 rings (SSSR count). The minimum absolute atomic E-state index is 0.296. The van der Waals surface area contributed by atoms with Crippen molar-refractivity contribution in [3.8, 4) is 5.75 Å². The molecule has 0 aliphatic carbocycles.